The highest BCUT2D eigenvalue weighted by atomic mass is 35.5. The fourth-order valence-corrected chi connectivity index (χ4v) is 2.62. The lowest BCUT2D eigenvalue weighted by Gasteiger charge is -2.22. The molecule has 2 aromatic carbocycles. The number of amides is 3. The van der Waals surface area contributed by atoms with Crippen LogP contribution in [0, 0.1) is 5.92 Å². The first-order chi connectivity index (χ1) is 11.9. The smallest absolute Gasteiger partial charge is 0.319 e. The first-order valence-electron chi connectivity index (χ1n) is 7.75. The highest BCUT2D eigenvalue weighted by Gasteiger charge is 2.24. The molecule has 2 aromatic rings. The van der Waals surface area contributed by atoms with Gasteiger partial charge in [-0.2, -0.15) is 0 Å². The highest BCUT2D eigenvalue weighted by Crippen LogP contribution is 2.25. The molecule has 5 nitrogen and oxygen atoms in total. The van der Waals surface area contributed by atoms with E-state index < -0.39 is 12.1 Å². The minimum absolute atomic E-state index is 0.118. The Kier molecular flexibility index (Phi) is 6.67. The molecule has 0 fully saturated rings. The third-order valence-corrected chi connectivity index (χ3v) is 4.00. The lowest BCUT2D eigenvalue weighted by molar-refractivity contribution is -0.118. The fourth-order valence-electron chi connectivity index (χ4n) is 2.17. The van der Waals surface area contributed by atoms with Crippen molar-refractivity contribution < 1.29 is 9.59 Å². The Balaban J connectivity index is 2.03. The number of anilines is 2. The summed E-state index contributed by atoms with van der Waals surface area (Å²) in [5.74, 6) is -0.477. The quantitative estimate of drug-likeness (QED) is 0.699. The molecule has 7 heteroatoms. The summed E-state index contributed by atoms with van der Waals surface area (Å²) < 4.78 is 0. The number of para-hydroxylation sites is 1. The molecular formula is C18H19Cl2N3O2. The van der Waals surface area contributed by atoms with Crippen molar-refractivity contribution in [1.82, 2.24) is 5.32 Å². The number of nitrogens with one attached hydrogen (secondary N) is 3. The van der Waals surface area contributed by atoms with Gasteiger partial charge >= 0.3 is 6.03 Å². The van der Waals surface area contributed by atoms with Gasteiger partial charge in [-0.05, 0) is 36.2 Å². The van der Waals surface area contributed by atoms with Crippen LogP contribution >= 0.6 is 23.2 Å². The third kappa shape index (κ3) is 5.66. The molecule has 0 bridgehead atoms. The summed E-state index contributed by atoms with van der Waals surface area (Å²) in [6, 6.07) is 12.6. The van der Waals surface area contributed by atoms with Crippen LogP contribution in [-0.4, -0.2) is 18.0 Å². The van der Waals surface area contributed by atoms with Crippen LogP contribution in [0.3, 0.4) is 0 Å². The van der Waals surface area contributed by atoms with Crippen LogP contribution < -0.4 is 16.0 Å². The van der Waals surface area contributed by atoms with E-state index >= 15 is 0 Å². The Labute approximate surface area is 156 Å². The Bertz CT molecular complexity index is 751. The molecule has 0 radical (unpaired) electrons. The SMILES string of the molecule is CC(C)C(NC(=O)Nc1ccccc1)C(=O)Nc1ccc(Cl)cc1Cl. The minimum Gasteiger partial charge on any atom is -0.326 e. The predicted molar refractivity (Wildman–Crippen MR) is 102 cm³/mol. The van der Waals surface area contributed by atoms with E-state index in [-0.39, 0.29) is 11.8 Å². The summed E-state index contributed by atoms with van der Waals surface area (Å²) in [5, 5.41) is 8.90. The van der Waals surface area contributed by atoms with Crippen molar-refractivity contribution >= 4 is 46.5 Å². The van der Waals surface area contributed by atoms with Gasteiger partial charge in [0.2, 0.25) is 5.91 Å². The van der Waals surface area contributed by atoms with E-state index in [1.807, 2.05) is 32.0 Å². The molecule has 0 heterocycles. The maximum atomic E-state index is 12.5. The molecule has 0 aliphatic carbocycles. The summed E-state index contributed by atoms with van der Waals surface area (Å²) in [4.78, 5) is 24.7. The summed E-state index contributed by atoms with van der Waals surface area (Å²) in [5.41, 5.74) is 1.08. The number of hydrogen-bond acceptors (Lipinski definition) is 2. The van der Waals surface area contributed by atoms with Crippen molar-refractivity contribution in [2.75, 3.05) is 10.6 Å². The second kappa shape index (κ2) is 8.74. The van der Waals surface area contributed by atoms with Gasteiger partial charge in [0.05, 0.1) is 10.7 Å². The number of carbonyl (C=O) groups excluding carboxylic acids is 2. The zero-order chi connectivity index (χ0) is 18.4. The van der Waals surface area contributed by atoms with Crippen molar-refractivity contribution in [2.24, 2.45) is 5.92 Å². The predicted octanol–water partition coefficient (Wildman–Crippen LogP) is 4.78. The average Bonchev–Trinajstić information content (AvgIpc) is 2.55. The standard InChI is InChI=1S/C18H19Cl2N3O2/c1-11(2)16(23-18(25)21-13-6-4-3-5-7-13)17(24)22-15-9-8-12(19)10-14(15)20/h3-11,16H,1-2H3,(H,22,24)(H2,21,23,25). The molecule has 1 atom stereocenters. The Hall–Kier alpha value is -2.24. The molecule has 25 heavy (non-hydrogen) atoms. The molecule has 0 saturated heterocycles. The van der Waals surface area contributed by atoms with E-state index in [2.05, 4.69) is 16.0 Å². The molecular weight excluding hydrogens is 361 g/mol. The van der Waals surface area contributed by atoms with E-state index in [4.69, 9.17) is 23.2 Å². The van der Waals surface area contributed by atoms with E-state index in [0.29, 0.717) is 21.4 Å². The monoisotopic (exact) mass is 379 g/mol. The number of rotatable bonds is 5. The lowest BCUT2D eigenvalue weighted by Crippen LogP contribution is -2.48. The van der Waals surface area contributed by atoms with Gasteiger partial charge in [-0.25, -0.2) is 4.79 Å². The number of benzene rings is 2. The van der Waals surface area contributed by atoms with Gasteiger partial charge in [-0.3, -0.25) is 4.79 Å². The van der Waals surface area contributed by atoms with Crippen LogP contribution in [0.1, 0.15) is 13.8 Å². The lowest BCUT2D eigenvalue weighted by atomic mass is 10.0. The van der Waals surface area contributed by atoms with Gasteiger partial charge in [0.15, 0.2) is 0 Å². The Morgan fingerprint density at radius 3 is 2.24 bits per heavy atom. The topological polar surface area (TPSA) is 70.2 Å². The van der Waals surface area contributed by atoms with Crippen molar-refractivity contribution in [2.45, 2.75) is 19.9 Å². The first kappa shape index (κ1) is 19.1. The number of carbonyl (C=O) groups is 2. The van der Waals surface area contributed by atoms with Crippen LogP contribution in [0.5, 0.6) is 0 Å². The van der Waals surface area contributed by atoms with Crippen LogP contribution in [-0.2, 0) is 4.79 Å². The molecule has 2 rings (SSSR count). The highest BCUT2D eigenvalue weighted by molar-refractivity contribution is 6.36. The first-order valence-corrected chi connectivity index (χ1v) is 8.51. The number of hydrogen-bond donors (Lipinski definition) is 3. The van der Waals surface area contributed by atoms with Gasteiger partial charge in [-0.15, -0.1) is 0 Å². The van der Waals surface area contributed by atoms with E-state index in [1.165, 1.54) is 0 Å². The fraction of sp³-hybridized carbons (Fsp3) is 0.222. The largest absolute Gasteiger partial charge is 0.326 e. The number of halogens is 2. The molecule has 0 aliphatic heterocycles. The van der Waals surface area contributed by atoms with E-state index in [1.54, 1.807) is 30.3 Å². The van der Waals surface area contributed by atoms with Gasteiger partial charge in [0, 0.05) is 10.7 Å². The second-order valence-electron chi connectivity index (χ2n) is 5.80. The zero-order valence-corrected chi connectivity index (χ0v) is 15.4. The Morgan fingerprint density at radius 2 is 1.64 bits per heavy atom. The van der Waals surface area contributed by atoms with Crippen LogP contribution in [0.4, 0.5) is 16.2 Å². The van der Waals surface area contributed by atoms with E-state index in [9.17, 15) is 9.59 Å². The third-order valence-electron chi connectivity index (χ3n) is 3.46. The average molecular weight is 380 g/mol. The van der Waals surface area contributed by atoms with Gasteiger partial charge in [-0.1, -0.05) is 55.2 Å². The van der Waals surface area contributed by atoms with Gasteiger partial charge in [0.1, 0.15) is 6.04 Å². The summed E-state index contributed by atoms with van der Waals surface area (Å²) in [6.45, 7) is 3.69. The van der Waals surface area contributed by atoms with Crippen LogP contribution in [0.2, 0.25) is 10.0 Å². The second-order valence-corrected chi connectivity index (χ2v) is 6.64. The maximum absolute atomic E-state index is 12.5. The molecule has 0 aliphatic rings. The van der Waals surface area contributed by atoms with Gasteiger partial charge in [0.25, 0.3) is 0 Å². The molecule has 132 valence electrons. The molecule has 0 saturated carbocycles. The van der Waals surface area contributed by atoms with E-state index in [0.717, 1.165) is 0 Å². The van der Waals surface area contributed by atoms with Crippen molar-refractivity contribution in [3.8, 4) is 0 Å². The minimum atomic E-state index is -0.726. The molecule has 0 spiro atoms. The maximum Gasteiger partial charge on any atom is 0.319 e. The summed E-state index contributed by atoms with van der Waals surface area (Å²) in [7, 11) is 0. The molecule has 3 N–H and O–H groups in total. The van der Waals surface area contributed by atoms with Crippen molar-refractivity contribution in [3.05, 3.63) is 58.6 Å². The van der Waals surface area contributed by atoms with Crippen molar-refractivity contribution in [1.29, 1.82) is 0 Å². The van der Waals surface area contributed by atoms with Crippen LogP contribution in [0.15, 0.2) is 48.5 Å². The zero-order valence-electron chi connectivity index (χ0n) is 13.8. The van der Waals surface area contributed by atoms with Gasteiger partial charge < -0.3 is 16.0 Å². The normalized spacial score (nSPS) is 11.7. The Morgan fingerprint density at radius 1 is 0.960 bits per heavy atom. The summed E-state index contributed by atoms with van der Waals surface area (Å²) in [6.07, 6.45) is 0. The van der Waals surface area contributed by atoms with Crippen LogP contribution in [0.25, 0.3) is 0 Å². The summed E-state index contributed by atoms with van der Waals surface area (Å²) >= 11 is 11.9. The molecule has 3 amide bonds. The number of urea groups is 1. The molecule has 0 aromatic heterocycles. The molecule has 1 unspecified atom stereocenters. The van der Waals surface area contributed by atoms with Crippen molar-refractivity contribution in [3.63, 3.8) is 0 Å².